The molecular formula is C20H24O3. The highest BCUT2D eigenvalue weighted by atomic mass is 16.5. The van der Waals surface area contributed by atoms with Crippen LogP contribution in [-0.2, 0) is 6.61 Å². The lowest BCUT2D eigenvalue weighted by molar-refractivity contribution is 0.0975. The van der Waals surface area contributed by atoms with E-state index in [4.69, 9.17) is 9.47 Å². The molecule has 3 nitrogen and oxygen atoms in total. The molecule has 0 spiro atoms. The molecule has 0 aliphatic heterocycles. The van der Waals surface area contributed by atoms with Crippen molar-refractivity contribution in [2.24, 2.45) is 5.92 Å². The summed E-state index contributed by atoms with van der Waals surface area (Å²) >= 11 is 0. The van der Waals surface area contributed by atoms with Gasteiger partial charge in [0.05, 0.1) is 7.11 Å². The fraction of sp³-hybridized carbons (Fsp3) is 0.350. The quantitative estimate of drug-likeness (QED) is 0.651. The molecule has 0 atom stereocenters. The lowest BCUT2D eigenvalue weighted by Crippen LogP contribution is -2.03. The Hall–Kier alpha value is -2.29. The topological polar surface area (TPSA) is 35.5 Å². The van der Waals surface area contributed by atoms with E-state index in [0.717, 1.165) is 12.0 Å². The Morgan fingerprint density at radius 2 is 1.78 bits per heavy atom. The van der Waals surface area contributed by atoms with Crippen LogP contribution in [0.1, 0.15) is 42.6 Å². The van der Waals surface area contributed by atoms with E-state index < -0.39 is 0 Å². The van der Waals surface area contributed by atoms with Crippen molar-refractivity contribution in [2.45, 2.75) is 33.3 Å². The van der Waals surface area contributed by atoms with Gasteiger partial charge in [-0.1, -0.05) is 44.2 Å². The van der Waals surface area contributed by atoms with Gasteiger partial charge in [0.2, 0.25) is 0 Å². The highest BCUT2D eigenvalue weighted by Crippen LogP contribution is 2.29. The second-order valence-corrected chi connectivity index (χ2v) is 6.00. The molecule has 23 heavy (non-hydrogen) atoms. The maximum absolute atomic E-state index is 12.2. The van der Waals surface area contributed by atoms with Crippen molar-refractivity contribution >= 4 is 5.78 Å². The molecule has 2 rings (SSSR count). The van der Waals surface area contributed by atoms with Crippen molar-refractivity contribution in [3.05, 3.63) is 59.7 Å². The first kappa shape index (κ1) is 17.1. The van der Waals surface area contributed by atoms with Gasteiger partial charge < -0.3 is 9.47 Å². The minimum Gasteiger partial charge on any atom is -0.493 e. The second-order valence-electron chi connectivity index (χ2n) is 6.00. The molecule has 0 radical (unpaired) electrons. The third-order valence-electron chi connectivity index (χ3n) is 3.67. The Kier molecular flexibility index (Phi) is 6.21. The number of hydrogen-bond acceptors (Lipinski definition) is 3. The summed E-state index contributed by atoms with van der Waals surface area (Å²) in [5, 5.41) is 0. The summed E-state index contributed by atoms with van der Waals surface area (Å²) in [6.45, 7) is 4.71. The van der Waals surface area contributed by atoms with Gasteiger partial charge in [0.15, 0.2) is 17.3 Å². The largest absolute Gasteiger partial charge is 0.493 e. The van der Waals surface area contributed by atoms with Gasteiger partial charge in [-0.15, -0.1) is 0 Å². The van der Waals surface area contributed by atoms with Gasteiger partial charge >= 0.3 is 0 Å². The van der Waals surface area contributed by atoms with Crippen LogP contribution in [0.15, 0.2) is 48.5 Å². The van der Waals surface area contributed by atoms with Crippen LogP contribution in [-0.4, -0.2) is 12.9 Å². The monoisotopic (exact) mass is 312 g/mol. The van der Waals surface area contributed by atoms with Gasteiger partial charge in [0.1, 0.15) is 6.61 Å². The number of methoxy groups -OCH3 is 1. The Balaban J connectivity index is 2.05. The van der Waals surface area contributed by atoms with Crippen molar-refractivity contribution < 1.29 is 14.3 Å². The van der Waals surface area contributed by atoms with E-state index in [9.17, 15) is 4.79 Å². The summed E-state index contributed by atoms with van der Waals surface area (Å²) in [6, 6.07) is 15.3. The van der Waals surface area contributed by atoms with Gasteiger partial charge in [0, 0.05) is 12.0 Å². The Labute approximate surface area is 138 Å². The first-order chi connectivity index (χ1) is 11.1. The van der Waals surface area contributed by atoms with Gasteiger partial charge in [0.25, 0.3) is 0 Å². The third-order valence-corrected chi connectivity index (χ3v) is 3.67. The van der Waals surface area contributed by atoms with E-state index in [1.807, 2.05) is 42.5 Å². The zero-order valence-electron chi connectivity index (χ0n) is 14.0. The first-order valence-electron chi connectivity index (χ1n) is 7.98. The normalized spacial score (nSPS) is 10.6. The van der Waals surface area contributed by atoms with Gasteiger partial charge in [-0.25, -0.2) is 0 Å². The summed E-state index contributed by atoms with van der Waals surface area (Å²) in [6.07, 6.45) is 1.46. The highest BCUT2D eigenvalue weighted by molar-refractivity contribution is 5.96. The summed E-state index contributed by atoms with van der Waals surface area (Å²) in [5.74, 6) is 1.91. The average Bonchev–Trinajstić information content (AvgIpc) is 2.58. The molecule has 0 saturated heterocycles. The summed E-state index contributed by atoms with van der Waals surface area (Å²) in [5.41, 5.74) is 1.77. The third kappa shape index (κ3) is 5.13. The molecule has 0 aliphatic rings. The Morgan fingerprint density at radius 3 is 2.43 bits per heavy atom. The first-order valence-corrected chi connectivity index (χ1v) is 7.98. The second kappa shape index (κ2) is 8.37. The molecule has 2 aromatic carbocycles. The van der Waals surface area contributed by atoms with Crippen molar-refractivity contribution in [1.29, 1.82) is 0 Å². The highest BCUT2D eigenvalue weighted by Gasteiger charge is 2.12. The van der Waals surface area contributed by atoms with Crippen molar-refractivity contribution in [1.82, 2.24) is 0 Å². The van der Waals surface area contributed by atoms with E-state index >= 15 is 0 Å². The lowest BCUT2D eigenvalue weighted by atomic mass is 10.0. The Bertz CT molecular complexity index is 633. The SMILES string of the molecule is COc1cc(C(=O)CCC(C)C)ccc1OCc1ccccc1. The van der Waals surface area contributed by atoms with E-state index in [1.54, 1.807) is 13.2 Å². The number of carbonyl (C=O) groups is 1. The molecule has 0 amide bonds. The van der Waals surface area contributed by atoms with Crippen LogP contribution in [0.3, 0.4) is 0 Å². The number of benzene rings is 2. The number of ether oxygens (including phenoxy) is 2. The minimum atomic E-state index is 0.145. The van der Waals surface area contributed by atoms with E-state index in [-0.39, 0.29) is 5.78 Å². The van der Waals surface area contributed by atoms with Crippen LogP contribution in [0.2, 0.25) is 0 Å². The number of rotatable bonds is 8. The summed E-state index contributed by atoms with van der Waals surface area (Å²) < 4.78 is 11.2. The zero-order chi connectivity index (χ0) is 16.7. The molecule has 122 valence electrons. The van der Waals surface area contributed by atoms with E-state index in [2.05, 4.69) is 13.8 Å². The average molecular weight is 312 g/mol. The molecule has 0 N–H and O–H groups in total. The molecular weight excluding hydrogens is 288 g/mol. The molecule has 0 fully saturated rings. The van der Waals surface area contributed by atoms with E-state index in [0.29, 0.717) is 36.0 Å². The number of ketones is 1. The van der Waals surface area contributed by atoms with Gasteiger partial charge in [-0.2, -0.15) is 0 Å². The maximum atomic E-state index is 12.2. The van der Waals surface area contributed by atoms with Crippen LogP contribution in [0.4, 0.5) is 0 Å². The molecule has 0 aliphatic carbocycles. The van der Waals surface area contributed by atoms with Crippen LogP contribution in [0.5, 0.6) is 11.5 Å². The number of carbonyl (C=O) groups excluding carboxylic acids is 1. The maximum Gasteiger partial charge on any atom is 0.163 e. The number of hydrogen-bond donors (Lipinski definition) is 0. The molecule has 0 heterocycles. The minimum absolute atomic E-state index is 0.145. The predicted octanol–water partition coefficient (Wildman–Crippen LogP) is 4.89. The fourth-order valence-corrected chi connectivity index (χ4v) is 2.26. The fourth-order valence-electron chi connectivity index (χ4n) is 2.26. The van der Waals surface area contributed by atoms with Crippen LogP contribution < -0.4 is 9.47 Å². The molecule has 0 bridgehead atoms. The zero-order valence-corrected chi connectivity index (χ0v) is 14.0. The van der Waals surface area contributed by atoms with Crippen LogP contribution in [0, 0.1) is 5.92 Å². The molecule has 0 aromatic heterocycles. The standard InChI is InChI=1S/C20H24O3/c1-15(2)9-11-18(21)17-10-12-19(20(13-17)22-3)23-14-16-7-5-4-6-8-16/h4-8,10,12-13,15H,9,11,14H2,1-3H3. The van der Waals surface area contributed by atoms with Crippen molar-refractivity contribution in [3.8, 4) is 11.5 Å². The van der Waals surface area contributed by atoms with E-state index in [1.165, 1.54) is 0 Å². The van der Waals surface area contributed by atoms with Gasteiger partial charge in [-0.3, -0.25) is 4.79 Å². The number of Topliss-reactive ketones (excluding diaryl/α,β-unsaturated/α-hetero) is 1. The van der Waals surface area contributed by atoms with Crippen molar-refractivity contribution in [3.63, 3.8) is 0 Å². The van der Waals surface area contributed by atoms with Crippen LogP contribution >= 0.6 is 0 Å². The molecule has 3 heteroatoms. The Morgan fingerprint density at radius 1 is 1.04 bits per heavy atom. The summed E-state index contributed by atoms with van der Waals surface area (Å²) in [4.78, 5) is 12.2. The summed E-state index contributed by atoms with van der Waals surface area (Å²) in [7, 11) is 1.59. The smallest absolute Gasteiger partial charge is 0.163 e. The lowest BCUT2D eigenvalue weighted by Gasteiger charge is -2.12. The molecule has 2 aromatic rings. The van der Waals surface area contributed by atoms with Crippen LogP contribution in [0.25, 0.3) is 0 Å². The predicted molar refractivity (Wildman–Crippen MR) is 92.2 cm³/mol. The molecule has 0 saturated carbocycles. The van der Waals surface area contributed by atoms with Gasteiger partial charge in [-0.05, 0) is 36.1 Å². The molecule has 0 unspecified atom stereocenters. The van der Waals surface area contributed by atoms with Crippen molar-refractivity contribution in [2.75, 3.05) is 7.11 Å².